The van der Waals surface area contributed by atoms with Crippen LogP contribution in [0, 0.1) is 0 Å². The minimum Gasteiger partial charge on any atom is -0.378 e. The SMILES string of the molecule is CC(O)(c1ccncc1)C(F)(F)Br. The van der Waals surface area contributed by atoms with Crippen LogP contribution in [0.5, 0.6) is 0 Å². The molecule has 0 saturated carbocycles. The Hall–Kier alpha value is -0.550. The van der Waals surface area contributed by atoms with Gasteiger partial charge in [0, 0.05) is 12.4 Å². The number of alkyl halides is 3. The van der Waals surface area contributed by atoms with E-state index in [4.69, 9.17) is 0 Å². The van der Waals surface area contributed by atoms with Crippen molar-refractivity contribution >= 4 is 15.9 Å². The molecule has 1 unspecified atom stereocenters. The summed E-state index contributed by atoms with van der Waals surface area (Å²) >= 11 is 2.13. The molecule has 1 atom stereocenters. The molecule has 0 amide bonds. The summed E-state index contributed by atoms with van der Waals surface area (Å²) in [5, 5.41) is 9.50. The summed E-state index contributed by atoms with van der Waals surface area (Å²) in [5.41, 5.74) is -2.11. The van der Waals surface area contributed by atoms with Crippen LogP contribution in [0.25, 0.3) is 0 Å². The monoisotopic (exact) mass is 251 g/mol. The fourth-order valence-electron chi connectivity index (χ4n) is 0.840. The molecule has 2 nitrogen and oxygen atoms in total. The van der Waals surface area contributed by atoms with E-state index < -0.39 is 10.4 Å². The zero-order valence-corrected chi connectivity index (χ0v) is 8.42. The maximum Gasteiger partial charge on any atom is 0.333 e. The van der Waals surface area contributed by atoms with Crippen LogP contribution in [0.4, 0.5) is 8.78 Å². The third-order valence-electron chi connectivity index (χ3n) is 1.79. The Morgan fingerprint density at radius 3 is 2.23 bits per heavy atom. The zero-order chi connectivity index (χ0) is 10.1. The Kier molecular flexibility index (Phi) is 2.68. The van der Waals surface area contributed by atoms with E-state index in [2.05, 4.69) is 20.9 Å². The molecular weight excluding hydrogens is 244 g/mol. The molecular formula is C8H8BrF2NO. The fraction of sp³-hybridized carbons (Fsp3) is 0.375. The minimum atomic E-state index is -3.36. The average molecular weight is 252 g/mol. The van der Waals surface area contributed by atoms with Gasteiger partial charge in [0.05, 0.1) is 0 Å². The van der Waals surface area contributed by atoms with E-state index in [1.54, 1.807) is 0 Å². The van der Waals surface area contributed by atoms with E-state index in [0.717, 1.165) is 6.92 Å². The summed E-state index contributed by atoms with van der Waals surface area (Å²) in [7, 11) is 0. The lowest BCUT2D eigenvalue weighted by Gasteiger charge is -2.28. The average Bonchev–Trinajstić information content (AvgIpc) is 2.04. The van der Waals surface area contributed by atoms with E-state index in [-0.39, 0.29) is 5.56 Å². The molecule has 1 aromatic heterocycles. The van der Waals surface area contributed by atoms with Gasteiger partial charge in [-0.25, -0.2) is 0 Å². The van der Waals surface area contributed by atoms with Crippen LogP contribution >= 0.6 is 15.9 Å². The van der Waals surface area contributed by atoms with Crippen LogP contribution in [0.1, 0.15) is 12.5 Å². The largest absolute Gasteiger partial charge is 0.378 e. The molecule has 0 fully saturated rings. The molecule has 0 spiro atoms. The highest BCUT2D eigenvalue weighted by Crippen LogP contribution is 2.41. The number of halogens is 3. The van der Waals surface area contributed by atoms with Gasteiger partial charge in [-0.2, -0.15) is 8.78 Å². The van der Waals surface area contributed by atoms with Crippen LogP contribution in [0.2, 0.25) is 0 Å². The molecule has 0 aliphatic carbocycles. The van der Waals surface area contributed by atoms with Crippen molar-refractivity contribution in [3.05, 3.63) is 30.1 Å². The second-order valence-electron chi connectivity index (χ2n) is 2.81. The zero-order valence-electron chi connectivity index (χ0n) is 6.84. The Morgan fingerprint density at radius 2 is 1.85 bits per heavy atom. The molecule has 0 saturated heterocycles. The van der Waals surface area contributed by atoms with E-state index in [1.807, 2.05) is 0 Å². The lowest BCUT2D eigenvalue weighted by molar-refractivity contribution is -0.109. The van der Waals surface area contributed by atoms with Crippen molar-refractivity contribution in [3.8, 4) is 0 Å². The molecule has 5 heteroatoms. The van der Waals surface area contributed by atoms with Crippen LogP contribution in [0.3, 0.4) is 0 Å². The predicted molar refractivity (Wildman–Crippen MR) is 47.7 cm³/mol. The van der Waals surface area contributed by atoms with Crippen LogP contribution in [0.15, 0.2) is 24.5 Å². The van der Waals surface area contributed by atoms with Crippen molar-refractivity contribution in [3.63, 3.8) is 0 Å². The molecule has 0 radical (unpaired) electrons. The van der Waals surface area contributed by atoms with Gasteiger partial charge in [0.1, 0.15) is 0 Å². The first kappa shape index (κ1) is 10.5. The molecule has 0 bridgehead atoms. The van der Waals surface area contributed by atoms with E-state index >= 15 is 0 Å². The van der Waals surface area contributed by atoms with Crippen molar-refractivity contribution in [2.24, 2.45) is 0 Å². The Labute approximate surface area is 82.7 Å². The highest BCUT2D eigenvalue weighted by Gasteiger charge is 2.47. The number of nitrogens with zero attached hydrogens (tertiary/aromatic N) is 1. The molecule has 72 valence electrons. The first-order valence-electron chi connectivity index (χ1n) is 3.55. The maximum atomic E-state index is 12.8. The Bertz CT molecular complexity index is 284. The van der Waals surface area contributed by atoms with Gasteiger partial charge in [-0.05, 0) is 40.5 Å². The van der Waals surface area contributed by atoms with Gasteiger partial charge in [0.2, 0.25) is 0 Å². The highest BCUT2D eigenvalue weighted by molar-refractivity contribution is 9.10. The third kappa shape index (κ3) is 2.03. The highest BCUT2D eigenvalue weighted by atomic mass is 79.9. The van der Waals surface area contributed by atoms with Gasteiger partial charge in [-0.3, -0.25) is 4.98 Å². The number of hydrogen-bond donors (Lipinski definition) is 1. The van der Waals surface area contributed by atoms with E-state index in [1.165, 1.54) is 24.5 Å². The summed E-state index contributed by atoms with van der Waals surface area (Å²) in [5.74, 6) is 0. The number of aromatic nitrogens is 1. The van der Waals surface area contributed by atoms with Crippen molar-refractivity contribution in [1.29, 1.82) is 0 Å². The summed E-state index contributed by atoms with van der Waals surface area (Å²) in [4.78, 5) is 0.310. The van der Waals surface area contributed by atoms with Gasteiger partial charge < -0.3 is 5.11 Å². The molecule has 1 rings (SSSR count). The second-order valence-corrected chi connectivity index (χ2v) is 3.80. The van der Waals surface area contributed by atoms with E-state index in [0.29, 0.717) is 0 Å². The number of pyridine rings is 1. The van der Waals surface area contributed by atoms with Crippen LogP contribution < -0.4 is 0 Å². The van der Waals surface area contributed by atoms with E-state index in [9.17, 15) is 13.9 Å². The molecule has 1 N–H and O–H groups in total. The standard InChI is InChI=1S/C8H8BrF2NO/c1-7(13,8(9,10)11)6-2-4-12-5-3-6/h2-5,13H,1H3. The molecule has 0 aliphatic rings. The lowest BCUT2D eigenvalue weighted by Crippen LogP contribution is -2.37. The van der Waals surface area contributed by atoms with Crippen molar-refractivity contribution in [2.45, 2.75) is 17.4 Å². The minimum absolute atomic E-state index is 0.115. The lowest BCUT2D eigenvalue weighted by atomic mass is 9.98. The first-order valence-corrected chi connectivity index (χ1v) is 4.34. The summed E-state index contributed by atoms with van der Waals surface area (Å²) in [6, 6.07) is 2.68. The van der Waals surface area contributed by atoms with Gasteiger partial charge >= 0.3 is 4.83 Å². The van der Waals surface area contributed by atoms with Gasteiger partial charge in [-0.1, -0.05) is 0 Å². The second kappa shape index (κ2) is 3.31. The Balaban J connectivity index is 3.08. The topological polar surface area (TPSA) is 33.1 Å². The number of rotatable bonds is 2. The first-order chi connectivity index (χ1) is 5.86. The number of hydrogen-bond acceptors (Lipinski definition) is 2. The Morgan fingerprint density at radius 1 is 1.38 bits per heavy atom. The fourth-order valence-corrected chi connectivity index (χ4v) is 1.07. The van der Waals surface area contributed by atoms with Crippen molar-refractivity contribution < 1.29 is 13.9 Å². The normalized spacial score (nSPS) is 16.7. The van der Waals surface area contributed by atoms with Crippen LogP contribution in [-0.2, 0) is 5.60 Å². The maximum absolute atomic E-state index is 12.8. The summed E-state index contributed by atoms with van der Waals surface area (Å²) < 4.78 is 25.7. The molecule has 1 aromatic rings. The quantitative estimate of drug-likeness (QED) is 0.819. The van der Waals surface area contributed by atoms with Gasteiger partial charge in [-0.15, -0.1) is 0 Å². The van der Waals surface area contributed by atoms with Gasteiger partial charge in [0.25, 0.3) is 0 Å². The third-order valence-corrected chi connectivity index (χ3v) is 2.57. The molecule has 1 heterocycles. The predicted octanol–water partition coefficient (Wildman–Crippen LogP) is 2.28. The summed E-state index contributed by atoms with van der Waals surface area (Å²) in [6.45, 7) is 1.04. The van der Waals surface area contributed by atoms with Crippen LogP contribution in [-0.4, -0.2) is 14.9 Å². The molecule has 0 aliphatic heterocycles. The van der Waals surface area contributed by atoms with Crippen molar-refractivity contribution in [1.82, 2.24) is 4.98 Å². The van der Waals surface area contributed by atoms with Crippen molar-refractivity contribution in [2.75, 3.05) is 0 Å². The summed E-state index contributed by atoms with van der Waals surface area (Å²) in [6.07, 6.45) is 2.70. The number of aliphatic hydroxyl groups is 1. The molecule has 0 aromatic carbocycles. The smallest absolute Gasteiger partial charge is 0.333 e. The van der Waals surface area contributed by atoms with Gasteiger partial charge in [0.15, 0.2) is 5.60 Å². The molecule has 13 heavy (non-hydrogen) atoms.